The van der Waals surface area contributed by atoms with E-state index in [1.165, 1.54) is 90.8 Å². The normalized spacial score (nSPS) is 23.2. The second-order valence-electron chi connectivity index (χ2n) is 36.7. The Morgan fingerprint density at radius 3 is 0.876 bits per heavy atom. The molecule has 0 aliphatic carbocycles. The van der Waals surface area contributed by atoms with E-state index in [4.69, 9.17) is 36.5 Å². The van der Waals surface area contributed by atoms with Crippen LogP contribution in [0.2, 0.25) is 0 Å². The summed E-state index contributed by atoms with van der Waals surface area (Å²) in [5.41, 5.74) is 28.1. The molecule has 33 heteroatoms. The molecule has 0 unspecified atom stereocenters. The molecule has 14 heterocycles. The summed E-state index contributed by atoms with van der Waals surface area (Å²) in [4.78, 5) is 94.0. The average Bonchev–Trinajstić information content (AvgIpc) is 1.53. The van der Waals surface area contributed by atoms with Gasteiger partial charge in [0, 0.05) is 181 Å². The third-order valence-electron chi connectivity index (χ3n) is 28.0. The van der Waals surface area contributed by atoms with Gasteiger partial charge in [0.15, 0.2) is 0 Å². The number of hydroxylamine groups is 7. The van der Waals surface area contributed by atoms with Crippen molar-refractivity contribution < 1.29 is 92.0 Å². The lowest BCUT2D eigenvalue weighted by Crippen LogP contribution is -2.32. The number of hydrogen-bond donors (Lipinski definition) is 14. The molecule has 21 rings (SSSR count). The SMILES string of the molecule is C[C@@H]1C[C@@H]2c3c(F)cc(C(=O)NO)cc3CCN2C1.C[C@@H]1C[C@H]2c3c(F)cc(C(=O)NO)cc3CCN2C1.C[C@H]1C[C@@H]2c3c(F)cc(C(=O)NO)cc3CCN2C1.C[C@H]1C[C@H]2c3c(F)cc(C(=O)NO)cc3CCN2C1.Cc1cc2n(c1)CCc1cc(C(=O)NO)cc(F)c1-2.O=C(NO)c1ccc2c(c1)CCN1CCC[C@@H]21.O=C(NO)c1ccc2c(c1)CCN1CCC[C@H]21. The van der Waals surface area contributed by atoms with E-state index in [0.29, 0.717) is 58.9 Å². The van der Waals surface area contributed by atoms with E-state index in [9.17, 15) is 55.5 Å². The van der Waals surface area contributed by atoms with Gasteiger partial charge in [-0.3, -0.25) is 99.4 Å². The molecule has 14 N–H and O–H groups in total. The van der Waals surface area contributed by atoms with Crippen molar-refractivity contribution in [3.63, 3.8) is 0 Å². The number of rotatable bonds is 7. The fourth-order valence-electron chi connectivity index (χ4n) is 22.3. The zero-order valence-electron chi connectivity index (χ0n) is 73.0. The quantitative estimate of drug-likeness (QED) is 0.0400. The van der Waals surface area contributed by atoms with Gasteiger partial charge >= 0.3 is 0 Å². The Bertz CT molecular complexity index is 5140. The molecule has 13 aliphatic rings. The highest BCUT2D eigenvalue weighted by Gasteiger charge is 2.43. The number of hydrogen-bond acceptors (Lipinski definition) is 20. The van der Waals surface area contributed by atoms with E-state index in [-0.39, 0.29) is 75.3 Å². The monoisotopic (exact) mass is 1780 g/mol. The van der Waals surface area contributed by atoms with Gasteiger partial charge in [0.1, 0.15) is 29.1 Å². The van der Waals surface area contributed by atoms with Gasteiger partial charge in [-0.1, -0.05) is 39.8 Å². The van der Waals surface area contributed by atoms with Crippen LogP contribution in [0.5, 0.6) is 0 Å². The molecule has 6 fully saturated rings. The average molecular weight is 1780 g/mol. The van der Waals surface area contributed by atoms with Crippen LogP contribution in [0, 0.1) is 59.7 Å². The number of nitrogens with one attached hydrogen (secondary N) is 7. The number of aryl methyl sites for hydroxylation is 3. The molecule has 10 atom stereocenters. The lowest BCUT2D eigenvalue weighted by molar-refractivity contribution is 0.0701. The van der Waals surface area contributed by atoms with Crippen LogP contribution >= 0.6 is 0 Å². The number of aromatic nitrogens is 1. The smallest absolute Gasteiger partial charge is 0.274 e. The minimum Gasteiger partial charge on any atom is -0.347 e. The Hall–Kier alpha value is -10.8. The highest BCUT2D eigenvalue weighted by atomic mass is 19.1. The predicted octanol–water partition coefficient (Wildman–Crippen LogP) is 12.8. The van der Waals surface area contributed by atoms with E-state index in [1.807, 2.05) is 48.0 Å². The molecule has 0 saturated carbocycles. The summed E-state index contributed by atoms with van der Waals surface area (Å²) in [6.07, 6.45) is 16.5. The fourth-order valence-corrected chi connectivity index (χ4v) is 22.3. The van der Waals surface area contributed by atoms with Crippen molar-refractivity contribution in [3.05, 3.63) is 255 Å². The van der Waals surface area contributed by atoms with E-state index in [1.54, 1.807) is 75.3 Å². The number of nitrogens with zero attached hydrogens (tertiary/aromatic N) is 7. The Balaban J connectivity index is 0.000000116. The third-order valence-corrected chi connectivity index (χ3v) is 28.0. The van der Waals surface area contributed by atoms with Crippen LogP contribution in [0.4, 0.5) is 22.0 Å². The maximum atomic E-state index is 14.3. The molecule has 13 aliphatic heterocycles. The third kappa shape index (κ3) is 19.8. The van der Waals surface area contributed by atoms with Gasteiger partial charge in [0.25, 0.3) is 41.4 Å². The van der Waals surface area contributed by atoms with Gasteiger partial charge in [0.05, 0.1) is 5.69 Å². The summed E-state index contributed by atoms with van der Waals surface area (Å²) in [6, 6.07) is 29.6. The maximum Gasteiger partial charge on any atom is 0.274 e. The largest absolute Gasteiger partial charge is 0.347 e. The van der Waals surface area contributed by atoms with E-state index in [0.717, 1.165) is 204 Å². The van der Waals surface area contributed by atoms with E-state index < -0.39 is 47.2 Å². The summed E-state index contributed by atoms with van der Waals surface area (Å²) in [5, 5.41) is 60.4. The van der Waals surface area contributed by atoms with Gasteiger partial charge in [-0.2, -0.15) is 0 Å². The van der Waals surface area contributed by atoms with Crippen molar-refractivity contribution in [2.24, 2.45) is 23.7 Å². The molecular weight excluding hydrogens is 1670 g/mol. The van der Waals surface area contributed by atoms with Crippen LogP contribution in [-0.4, -0.2) is 190 Å². The van der Waals surface area contributed by atoms with Crippen LogP contribution in [0.1, 0.15) is 266 Å². The van der Waals surface area contributed by atoms with Gasteiger partial charge in [-0.05, 0) is 287 Å². The molecule has 0 radical (unpaired) electrons. The van der Waals surface area contributed by atoms with Crippen molar-refractivity contribution >= 4 is 41.4 Å². The molecule has 6 saturated heterocycles. The van der Waals surface area contributed by atoms with Crippen molar-refractivity contribution in [3.8, 4) is 11.3 Å². The first-order valence-electron chi connectivity index (χ1n) is 44.7. The molecule has 1 aromatic heterocycles. The Morgan fingerprint density at radius 1 is 0.302 bits per heavy atom. The number of carbonyl (C=O) groups excluding carboxylic acids is 7. The highest BCUT2D eigenvalue weighted by molar-refractivity contribution is 5.97. The van der Waals surface area contributed by atoms with Gasteiger partial charge in [0.2, 0.25) is 0 Å². The summed E-state index contributed by atoms with van der Waals surface area (Å²) < 4.78 is 73.5. The van der Waals surface area contributed by atoms with Crippen molar-refractivity contribution in [2.45, 2.75) is 174 Å². The molecule has 7 amide bonds. The highest BCUT2D eigenvalue weighted by Crippen LogP contribution is 2.48. The summed E-state index contributed by atoms with van der Waals surface area (Å²) in [5.74, 6) is -3.66. The molecule has 0 spiro atoms. The number of amides is 7. The van der Waals surface area contributed by atoms with E-state index in [2.05, 4.69) is 57.1 Å². The minimum atomic E-state index is -0.696. The van der Waals surface area contributed by atoms with Gasteiger partial charge < -0.3 is 4.57 Å². The fraction of sp³-hybridized carbons (Fsp3) is 0.448. The maximum absolute atomic E-state index is 14.3. The second kappa shape index (κ2) is 40.3. The molecule has 686 valence electrons. The van der Waals surface area contributed by atoms with Crippen molar-refractivity contribution in [1.82, 2.24) is 72.3 Å². The van der Waals surface area contributed by atoms with E-state index >= 15 is 0 Å². The van der Waals surface area contributed by atoms with Crippen molar-refractivity contribution in [1.29, 1.82) is 0 Å². The molecule has 129 heavy (non-hydrogen) atoms. The summed E-state index contributed by atoms with van der Waals surface area (Å²) in [7, 11) is 0. The van der Waals surface area contributed by atoms with Crippen LogP contribution in [0.15, 0.2) is 109 Å². The molecule has 28 nitrogen and oxygen atoms in total. The first-order chi connectivity index (χ1) is 62.1. The van der Waals surface area contributed by atoms with Crippen LogP contribution < -0.4 is 38.4 Å². The number of carbonyl (C=O) groups is 7. The molecule has 8 aromatic rings. The molecular formula is C96H113F5N14O14. The van der Waals surface area contributed by atoms with Gasteiger partial charge in [-0.15, -0.1) is 0 Å². The number of fused-ring (bicyclic) bond motifs is 21. The van der Waals surface area contributed by atoms with Crippen LogP contribution in [0.25, 0.3) is 11.3 Å². The predicted molar refractivity (Wildman–Crippen MR) is 463 cm³/mol. The van der Waals surface area contributed by atoms with Crippen molar-refractivity contribution in [2.75, 3.05) is 78.5 Å². The standard InChI is InChI=1S/4C14H17FN2O2.C14H13FN2O2.2C13H16N2O2/c5*1-8-4-12-13-9(2-3-17(12)7-8)5-10(6-11(13)15)14(18)16-19;2*16-13(14-17)10-3-4-11-9(8-10)5-7-15-6-1-2-12(11)15/h4*5-6,8,12,19H,2-4,7H2,1H3,(H,16,18);4-7,19H,2-3H2,1H3,(H,16,18);2*3-4,8,12,17H,1-2,5-7H2,(H,14,16)/t2*8-,12+;2*8-,12-;;2*12-/m1010.10/s1. The molecule has 0 bridgehead atoms. The topological polar surface area (TPSA) is 370 Å². The Morgan fingerprint density at radius 2 is 0.566 bits per heavy atom. The Kier molecular flexibility index (Phi) is 29.0. The second-order valence-corrected chi connectivity index (χ2v) is 36.7. The zero-order valence-corrected chi connectivity index (χ0v) is 73.0. The number of halogens is 5. The summed E-state index contributed by atoms with van der Waals surface area (Å²) in [6.45, 7) is 23.7. The first-order valence-corrected chi connectivity index (χ1v) is 44.7. The zero-order chi connectivity index (χ0) is 91.5. The lowest BCUT2D eigenvalue weighted by atomic mass is 9.89. The number of benzene rings is 7. The van der Waals surface area contributed by atoms with Gasteiger partial charge in [-0.25, -0.2) is 60.3 Å². The Labute approximate surface area is 744 Å². The lowest BCUT2D eigenvalue weighted by Gasteiger charge is -2.32. The first kappa shape index (κ1) is 92.9. The van der Waals surface area contributed by atoms with Crippen LogP contribution in [0.3, 0.4) is 0 Å². The van der Waals surface area contributed by atoms with Crippen LogP contribution in [-0.2, 0) is 51.5 Å². The summed E-state index contributed by atoms with van der Waals surface area (Å²) >= 11 is 0. The minimum absolute atomic E-state index is 0.135. The molecule has 7 aromatic carbocycles.